The number of hydrogen-bond donors (Lipinski definition) is 1. The number of H-pyrrole nitrogens is 1. The van der Waals surface area contributed by atoms with E-state index in [0.717, 1.165) is 5.56 Å². The van der Waals surface area contributed by atoms with E-state index in [0.29, 0.717) is 23.5 Å². The molecule has 0 saturated carbocycles. The van der Waals surface area contributed by atoms with Gasteiger partial charge in [0.05, 0.1) is 6.54 Å². The lowest BCUT2D eigenvalue weighted by molar-refractivity contribution is 0.112. The molecule has 0 fully saturated rings. The monoisotopic (exact) mass is 250 g/mol. The number of nitrogens with one attached hydrogen (secondary N) is 1. The van der Waals surface area contributed by atoms with Gasteiger partial charge in [0, 0.05) is 10.7 Å². The van der Waals surface area contributed by atoms with E-state index in [4.69, 9.17) is 11.6 Å². The normalized spacial score (nSPS) is 10.5. The van der Waals surface area contributed by atoms with Crippen molar-refractivity contribution in [3.8, 4) is 0 Å². The van der Waals surface area contributed by atoms with E-state index >= 15 is 0 Å². The van der Waals surface area contributed by atoms with Crippen LogP contribution >= 0.6 is 11.6 Å². The van der Waals surface area contributed by atoms with E-state index in [9.17, 15) is 9.59 Å². The number of nitrogens with zero attached hydrogens (tertiary/aromatic N) is 1. The molecule has 0 aliphatic carbocycles. The van der Waals surface area contributed by atoms with Gasteiger partial charge in [-0.25, -0.2) is 4.68 Å². The molecule has 0 amide bonds. The third-order valence-corrected chi connectivity index (χ3v) is 2.81. The summed E-state index contributed by atoms with van der Waals surface area (Å²) in [6.07, 6.45) is 0.576. The average molecular weight is 251 g/mol. The van der Waals surface area contributed by atoms with Crippen LogP contribution in [0.25, 0.3) is 0 Å². The van der Waals surface area contributed by atoms with E-state index < -0.39 is 0 Å². The van der Waals surface area contributed by atoms with Gasteiger partial charge in [-0.05, 0) is 24.6 Å². The molecular weight excluding hydrogens is 240 g/mol. The number of benzene rings is 1. The van der Waals surface area contributed by atoms with Crippen LogP contribution in [0.3, 0.4) is 0 Å². The molecule has 0 saturated heterocycles. The number of aromatic amines is 1. The summed E-state index contributed by atoms with van der Waals surface area (Å²) in [5.41, 5.74) is 1.40. The summed E-state index contributed by atoms with van der Waals surface area (Å²) in [5.74, 6) is 0. The van der Waals surface area contributed by atoms with Gasteiger partial charge in [0.15, 0.2) is 6.29 Å². The van der Waals surface area contributed by atoms with Crippen LogP contribution in [0.5, 0.6) is 0 Å². The van der Waals surface area contributed by atoms with Crippen LogP contribution in [0.4, 0.5) is 0 Å². The number of aryl methyl sites for hydroxylation is 1. The number of halogens is 1. The summed E-state index contributed by atoms with van der Waals surface area (Å²) in [5, 5.41) is 3.52. The van der Waals surface area contributed by atoms with Crippen molar-refractivity contribution in [3.63, 3.8) is 0 Å². The molecule has 1 N–H and O–H groups in total. The van der Waals surface area contributed by atoms with Crippen LogP contribution in [0.1, 0.15) is 21.6 Å². The van der Waals surface area contributed by atoms with E-state index in [1.54, 1.807) is 19.1 Å². The molecule has 2 aromatic rings. The third kappa shape index (κ3) is 2.31. The van der Waals surface area contributed by atoms with Crippen LogP contribution in [-0.4, -0.2) is 16.1 Å². The first kappa shape index (κ1) is 11.7. The van der Waals surface area contributed by atoms with Crippen LogP contribution in [0.15, 0.2) is 29.1 Å². The molecule has 0 atom stereocenters. The van der Waals surface area contributed by atoms with Gasteiger partial charge in [0.1, 0.15) is 5.56 Å². The molecule has 2 rings (SSSR count). The molecule has 0 aliphatic rings. The van der Waals surface area contributed by atoms with Crippen molar-refractivity contribution in [2.24, 2.45) is 0 Å². The lowest BCUT2D eigenvalue weighted by Gasteiger charge is -2.02. The van der Waals surface area contributed by atoms with Crippen LogP contribution < -0.4 is 5.56 Å². The predicted molar refractivity (Wildman–Crippen MR) is 65.7 cm³/mol. The van der Waals surface area contributed by atoms with Crippen molar-refractivity contribution in [1.82, 2.24) is 9.78 Å². The Bertz CT molecular complexity index is 596. The molecule has 0 bridgehead atoms. The minimum Gasteiger partial charge on any atom is -0.299 e. The summed E-state index contributed by atoms with van der Waals surface area (Å²) in [6.45, 7) is 2.09. The molecule has 5 heteroatoms. The fourth-order valence-corrected chi connectivity index (χ4v) is 1.77. The minimum absolute atomic E-state index is 0.180. The topological polar surface area (TPSA) is 54.9 Å². The Kier molecular flexibility index (Phi) is 3.15. The molecule has 1 aromatic heterocycles. The highest BCUT2D eigenvalue weighted by Crippen LogP contribution is 2.10. The van der Waals surface area contributed by atoms with Crippen molar-refractivity contribution in [2.75, 3.05) is 0 Å². The molecular formula is C12H11ClN2O2. The van der Waals surface area contributed by atoms with Gasteiger partial charge < -0.3 is 0 Å². The number of aromatic nitrogens is 2. The molecule has 0 aliphatic heterocycles. The smallest absolute Gasteiger partial charge is 0.277 e. The quantitative estimate of drug-likeness (QED) is 0.847. The molecule has 17 heavy (non-hydrogen) atoms. The van der Waals surface area contributed by atoms with E-state index in [-0.39, 0.29) is 11.1 Å². The first-order valence-electron chi connectivity index (χ1n) is 5.11. The van der Waals surface area contributed by atoms with Crippen molar-refractivity contribution >= 4 is 17.9 Å². The second-order valence-electron chi connectivity index (χ2n) is 3.79. The number of carbonyl (C=O) groups is 1. The standard InChI is InChI=1S/C12H11ClN2O2/c1-8-11(7-16)12(17)15(14-8)6-9-2-4-10(13)5-3-9/h2-5,7,14H,6H2,1H3. The van der Waals surface area contributed by atoms with Crippen LogP contribution in [-0.2, 0) is 6.54 Å². The second-order valence-corrected chi connectivity index (χ2v) is 4.22. The lowest BCUT2D eigenvalue weighted by Crippen LogP contribution is -2.19. The zero-order chi connectivity index (χ0) is 12.4. The fourth-order valence-electron chi connectivity index (χ4n) is 1.64. The van der Waals surface area contributed by atoms with Crippen molar-refractivity contribution in [3.05, 3.63) is 56.5 Å². The maximum atomic E-state index is 11.8. The Labute approximate surface area is 103 Å². The summed E-state index contributed by atoms with van der Waals surface area (Å²) < 4.78 is 1.41. The Morgan fingerprint density at radius 3 is 2.53 bits per heavy atom. The SMILES string of the molecule is Cc1[nH]n(Cc2ccc(Cl)cc2)c(=O)c1C=O. The van der Waals surface area contributed by atoms with Crippen molar-refractivity contribution in [2.45, 2.75) is 13.5 Å². The molecule has 0 radical (unpaired) electrons. The largest absolute Gasteiger partial charge is 0.299 e. The highest BCUT2D eigenvalue weighted by atomic mass is 35.5. The van der Waals surface area contributed by atoms with Gasteiger partial charge in [-0.3, -0.25) is 14.7 Å². The summed E-state index contributed by atoms with van der Waals surface area (Å²) in [6, 6.07) is 7.20. The molecule has 1 aromatic carbocycles. The van der Waals surface area contributed by atoms with Gasteiger partial charge >= 0.3 is 0 Å². The molecule has 88 valence electrons. The summed E-state index contributed by atoms with van der Waals surface area (Å²) in [4.78, 5) is 22.5. The number of hydrogen-bond acceptors (Lipinski definition) is 2. The summed E-state index contributed by atoms with van der Waals surface area (Å²) >= 11 is 5.78. The predicted octanol–water partition coefficient (Wildman–Crippen LogP) is 2.00. The maximum Gasteiger partial charge on any atom is 0.277 e. The number of carbonyl (C=O) groups excluding carboxylic acids is 1. The van der Waals surface area contributed by atoms with Crippen molar-refractivity contribution < 1.29 is 4.79 Å². The van der Waals surface area contributed by atoms with Gasteiger partial charge in [-0.1, -0.05) is 23.7 Å². The number of rotatable bonds is 3. The van der Waals surface area contributed by atoms with Gasteiger partial charge in [0.25, 0.3) is 5.56 Å². The summed E-state index contributed by atoms with van der Waals surface area (Å²) in [7, 11) is 0. The molecule has 0 unspecified atom stereocenters. The Morgan fingerprint density at radius 2 is 2.00 bits per heavy atom. The maximum absolute atomic E-state index is 11.8. The van der Waals surface area contributed by atoms with Gasteiger partial charge in [0.2, 0.25) is 0 Å². The van der Waals surface area contributed by atoms with Crippen LogP contribution in [0, 0.1) is 6.92 Å². The third-order valence-electron chi connectivity index (χ3n) is 2.55. The van der Waals surface area contributed by atoms with Crippen LogP contribution in [0.2, 0.25) is 5.02 Å². The Hall–Kier alpha value is -1.81. The molecule has 1 heterocycles. The zero-order valence-corrected chi connectivity index (χ0v) is 9.99. The molecule has 0 spiro atoms. The van der Waals surface area contributed by atoms with Gasteiger partial charge in [-0.2, -0.15) is 0 Å². The second kappa shape index (κ2) is 4.59. The Balaban J connectivity index is 2.33. The zero-order valence-electron chi connectivity index (χ0n) is 9.24. The highest BCUT2D eigenvalue weighted by molar-refractivity contribution is 6.30. The highest BCUT2D eigenvalue weighted by Gasteiger charge is 2.09. The van der Waals surface area contributed by atoms with E-state index in [1.165, 1.54) is 4.68 Å². The van der Waals surface area contributed by atoms with E-state index in [2.05, 4.69) is 5.10 Å². The number of aldehydes is 1. The first-order chi connectivity index (χ1) is 8.11. The van der Waals surface area contributed by atoms with E-state index in [1.807, 2.05) is 12.1 Å². The first-order valence-corrected chi connectivity index (χ1v) is 5.48. The average Bonchev–Trinajstić information content (AvgIpc) is 2.57. The van der Waals surface area contributed by atoms with Crippen molar-refractivity contribution in [1.29, 1.82) is 0 Å². The van der Waals surface area contributed by atoms with Gasteiger partial charge in [-0.15, -0.1) is 0 Å². The lowest BCUT2D eigenvalue weighted by atomic mass is 10.2. The fraction of sp³-hybridized carbons (Fsp3) is 0.167. The minimum atomic E-state index is -0.299. The molecule has 4 nitrogen and oxygen atoms in total. The Morgan fingerprint density at radius 1 is 1.35 bits per heavy atom.